The smallest absolute Gasteiger partial charge is 0.303 e. The fourth-order valence-corrected chi connectivity index (χ4v) is 5.47. The van der Waals surface area contributed by atoms with Crippen LogP contribution in [0.4, 0.5) is 0 Å². The predicted octanol–water partition coefficient (Wildman–Crippen LogP) is 5.40. The number of aliphatic hydroxyl groups is 1. The average molecular weight is 566 g/mol. The average Bonchev–Trinajstić information content (AvgIpc) is 2.99. The molecule has 3 aromatic carbocycles. The van der Waals surface area contributed by atoms with Gasteiger partial charge in [0.2, 0.25) is 5.91 Å². The Kier molecular flexibility index (Phi) is 11.0. The number of thioether (sulfide) groups is 1. The lowest BCUT2D eigenvalue weighted by molar-refractivity contribution is -0.245. The van der Waals surface area contributed by atoms with Crippen LogP contribution < -0.4 is 10.1 Å². The second-order valence-electron chi connectivity index (χ2n) is 9.58. The van der Waals surface area contributed by atoms with E-state index in [9.17, 15) is 14.7 Å². The van der Waals surface area contributed by atoms with Crippen molar-refractivity contribution in [3.63, 3.8) is 0 Å². The second kappa shape index (κ2) is 14.9. The molecule has 0 saturated carbocycles. The van der Waals surface area contributed by atoms with E-state index in [0.29, 0.717) is 19.4 Å². The van der Waals surface area contributed by atoms with Crippen molar-refractivity contribution in [3.8, 4) is 5.75 Å². The standard InChI is InChI=1S/C31H35NO7S/c1-37-26-5-2-3-6-28(26)40-20-25-17-27(23-13-11-22(19-33)12-14-23)39-31(38-25)24-15-9-21(10-16-24)18-32-29(34)7-4-8-30(35)36/h2-3,5-6,9-16,25,27,31,33H,4,7-8,17-20H2,1H3,(H,32,34)(H,35,36)/t25-,27+,31+/m1/s1. The minimum Gasteiger partial charge on any atom is -0.496 e. The Balaban J connectivity index is 1.42. The molecule has 40 heavy (non-hydrogen) atoms. The van der Waals surface area contributed by atoms with Crippen LogP contribution in [-0.2, 0) is 32.2 Å². The van der Waals surface area contributed by atoms with Gasteiger partial charge >= 0.3 is 5.97 Å². The number of aliphatic hydroxyl groups excluding tert-OH is 1. The monoisotopic (exact) mass is 565 g/mol. The Morgan fingerprint density at radius 3 is 2.35 bits per heavy atom. The van der Waals surface area contributed by atoms with Crippen molar-refractivity contribution < 1.29 is 34.0 Å². The summed E-state index contributed by atoms with van der Waals surface area (Å²) < 4.78 is 18.4. The molecule has 1 saturated heterocycles. The molecule has 9 heteroatoms. The Bertz CT molecular complexity index is 1250. The molecule has 1 heterocycles. The first kappa shape index (κ1) is 29.6. The summed E-state index contributed by atoms with van der Waals surface area (Å²) in [4.78, 5) is 23.7. The van der Waals surface area contributed by atoms with E-state index in [0.717, 1.165) is 38.7 Å². The Labute approximate surface area is 238 Å². The number of nitrogens with one attached hydrogen (secondary N) is 1. The molecule has 8 nitrogen and oxygen atoms in total. The van der Waals surface area contributed by atoms with E-state index in [1.807, 2.05) is 72.8 Å². The molecule has 0 unspecified atom stereocenters. The van der Waals surface area contributed by atoms with E-state index in [1.165, 1.54) is 0 Å². The first-order valence-electron chi connectivity index (χ1n) is 13.3. The largest absolute Gasteiger partial charge is 0.496 e. The van der Waals surface area contributed by atoms with Gasteiger partial charge in [0.25, 0.3) is 0 Å². The molecule has 212 valence electrons. The summed E-state index contributed by atoms with van der Waals surface area (Å²) in [7, 11) is 1.67. The Morgan fingerprint density at radius 2 is 1.65 bits per heavy atom. The highest BCUT2D eigenvalue weighted by Crippen LogP contribution is 2.40. The van der Waals surface area contributed by atoms with Gasteiger partial charge in [0, 0.05) is 42.0 Å². The Morgan fingerprint density at radius 1 is 0.950 bits per heavy atom. The molecule has 0 aliphatic carbocycles. The number of aliphatic carboxylic acids is 1. The van der Waals surface area contributed by atoms with Crippen molar-refractivity contribution in [3.05, 3.63) is 95.1 Å². The third-order valence-corrected chi connectivity index (χ3v) is 7.83. The fraction of sp³-hybridized carbons (Fsp3) is 0.355. The Hall–Kier alpha value is -3.37. The van der Waals surface area contributed by atoms with Crippen LogP contribution in [0.1, 0.15) is 60.3 Å². The van der Waals surface area contributed by atoms with Crippen molar-refractivity contribution in [2.75, 3.05) is 12.9 Å². The lowest BCUT2D eigenvalue weighted by Crippen LogP contribution is -2.31. The quantitative estimate of drug-likeness (QED) is 0.236. The minimum absolute atomic E-state index is 0.00908. The van der Waals surface area contributed by atoms with Crippen molar-refractivity contribution in [1.82, 2.24) is 5.32 Å². The van der Waals surface area contributed by atoms with E-state index in [-0.39, 0.29) is 37.6 Å². The van der Waals surface area contributed by atoms with Crippen LogP contribution >= 0.6 is 11.8 Å². The van der Waals surface area contributed by atoms with Crippen molar-refractivity contribution in [2.24, 2.45) is 0 Å². The van der Waals surface area contributed by atoms with E-state index in [4.69, 9.17) is 19.3 Å². The number of carboxylic acid groups (broad SMARTS) is 1. The molecule has 1 fully saturated rings. The number of benzene rings is 3. The minimum atomic E-state index is -0.902. The molecular weight excluding hydrogens is 530 g/mol. The van der Waals surface area contributed by atoms with Gasteiger partial charge in [-0.2, -0.15) is 0 Å². The third kappa shape index (κ3) is 8.56. The SMILES string of the molecule is COc1ccccc1SC[C@H]1C[C@@H](c2ccc(CO)cc2)O[C@@H](c2ccc(CNC(=O)CCCC(=O)O)cc2)O1. The van der Waals surface area contributed by atoms with E-state index in [1.54, 1.807) is 18.9 Å². The van der Waals surface area contributed by atoms with Crippen LogP contribution in [0.15, 0.2) is 77.7 Å². The van der Waals surface area contributed by atoms with Gasteiger partial charge in [-0.3, -0.25) is 9.59 Å². The first-order chi connectivity index (χ1) is 19.4. The number of methoxy groups -OCH3 is 1. The molecule has 3 atom stereocenters. The number of carboxylic acids is 1. The van der Waals surface area contributed by atoms with Gasteiger partial charge in [-0.25, -0.2) is 0 Å². The van der Waals surface area contributed by atoms with E-state index in [2.05, 4.69) is 5.32 Å². The van der Waals surface area contributed by atoms with Crippen LogP contribution in [0.25, 0.3) is 0 Å². The highest BCUT2D eigenvalue weighted by Gasteiger charge is 2.32. The van der Waals surface area contributed by atoms with Gasteiger partial charge in [-0.1, -0.05) is 60.7 Å². The molecular formula is C31H35NO7S. The maximum absolute atomic E-state index is 12.0. The molecule has 4 rings (SSSR count). The van der Waals surface area contributed by atoms with Crippen LogP contribution in [0.3, 0.4) is 0 Å². The number of carbonyl (C=O) groups excluding carboxylic acids is 1. The molecule has 0 bridgehead atoms. The van der Waals surface area contributed by atoms with Gasteiger partial charge < -0.3 is 29.7 Å². The molecule has 3 aromatic rings. The summed E-state index contributed by atoms with van der Waals surface area (Å²) in [6.45, 7) is 0.349. The van der Waals surface area contributed by atoms with Gasteiger partial charge in [0.1, 0.15) is 5.75 Å². The molecule has 0 aromatic heterocycles. The second-order valence-corrected chi connectivity index (χ2v) is 10.6. The highest BCUT2D eigenvalue weighted by atomic mass is 32.2. The number of amides is 1. The van der Waals surface area contributed by atoms with Gasteiger partial charge in [0.15, 0.2) is 6.29 Å². The predicted molar refractivity (Wildman–Crippen MR) is 152 cm³/mol. The number of carbonyl (C=O) groups is 2. The number of ether oxygens (including phenoxy) is 3. The van der Waals surface area contributed by atoms with Gasteiger partial charge in [-0.15, -0.1) is 11.8 Å². The van der Waals surface area contributed by atoms with Crippen LogP contribution in [-0.4, -0.2) is 41.1 Å². The van der Waals surface area contributed by atoms with Crippen molar-refractivity contribution >= 4 is 23.6 Å². The molecule has 0 spiro atoms. The molecule has 3 N–H and O–H groups in total. The number of para-hydroxylation sites is 1. The lowest BCUT2D eigenvalue weighted by Gasteiger charge is -2.36. The summed E-state index contributed by atoms with van der Waals surface area (Å²) in [6.07, 6.45) is 0.331. The lowest BCUT2D eigenvalue weighted by atomic mass is 10.0. The van der Waals surface area contributed by atoms with E-state index >= 15 is 0 Å². The van der Waals surface area contributed by atoms with E-state index < -0.39 is 12.3 Å². The molecule has 1 aliphatic heterocycles. The summed E-state index contributed by atoms with van der Waals surface area (Å²) in [6, 6.07) is 23.5. The third-order valence-electron chi connectivity index (χ3n) is 6.64. The topological polar surface area (TPSA) is 114 Å². The van der Waals surface area contributed by atoms with Gasteiger partial charge in [-0.05, 0) is 35.2 Å². The summed E-state index contributed by atoms with van der Waals surface area (Å²) in [5.74, 6) is 0.476. The molecule has 0 radical (unpaired) electrons. The maximum Gasteiger partial charge on any atom is 0.303 e. The van der Waals surface area contributed by atoms with Crippen LogP contribution in [0, 0.1) is 0 Å². The zero-order valence-corrected chi connectivity index (χ0v) is 23.3. The molecule has 1 aliphatic rings. The summed E-state index contributed by atoms with van der Waals surface area (Å²) in [5.41, 5.74) is 3.67. The zero-order valence-electron chi connectivity index (χ0n) is 22.5. The van der Waals surface area contributed by atoms with Crippen LogP contribution in [0.5, 0.6) is 5.75 Å². The molecule has 1 amide bonds. The summed E-state index contributed by atoms with van der Waals surface area (Å²) in [5, 5.41) is 21.0. The first-order valence-corrected chi connectivity index (χ1v) is 14.3. The van der Waals surface area contributed by atoms with Crippen molar-refractivity contribution in [2.45, 2.75) is 62.2 Å². The summed E-state index contributed by atoms with van der Waals surface area (Å²) >= 11 is 1.69. The number of rotatable bonds is 13. The highest BCUT2D eigenvalue weighted by molar-refractivity contribution is 7.99. The number of hydrogen-bond acceptors (Lipinski definition) is 7. The normalized spacial score (nSPS) is 18.7. The fourth-order valence-electron chi connectivity index (χ4n) is 4.43. The van der Waals surface area contributed by atoms with Crippen LogP contribution in [0.2, 0.25) is 0 Å². The maximum atomic E-state index is 12.0. The van der Waals surface area contributed by atoms with Gasteiger partial charge in [0.05, 0.1) is 25.9 Å². The number of hydrogen-bond donors (Lipinski definition) is 3. The van der Waals surface area contributed by atoms with Crippen molar-refractivity contribution in [1.29, 1.82) is 0 Å². The zero-order chi connectivity index (χ0) is 28.3.